The predicted octanol–water partition coefficient (Wildman–Crippen LogP) is 0.497. The van der Waals surface area contributed by atoms with Gasteiger partial charge in [0.05, 0.1) is 0 Å². The van der Waals surface area contributed by atoms with Gasteiger partial charge in [-0.1, -0.05) is 0 Å². The molecule has 4 heteroatoms. The Balaban J connectivity index is 2.28. The Morgan fingerprint density at radius 3 is 2.92 bits per heavy atom. The van der Waals surface area contributed by atoms with Crippen molar-refractivity contribution < 1.29 is 4.79 Å². The highest BCUT2D eigenvalue weighted by Crippen LogP contribution is 1.98. The van der Waals surface area contributed by atoms with Gasteiger partial charge in [-0.2, -0.15) is 0 Å². The largest absolute Gasteiger partial charge is 0.354 e. The second-order valence-electron chi connectivity index (χ2n) is 2.87. The normalized spacial score (nSPS) is 9.69. The number of amides is 2. The molecule has 0 aliphatic rings. The minimum atomic E-state index is -0.130. The maximum Gasteiger partial charge on any atom is 0.314 e. The van der Waals surface area contributed by atoms with Gasteiger partial charge in [-0.05, 0) is 12.1 Å². The third kappa shape index (κ3) is 2.82. The summed E-state index contributed by atoms with van der Waals surface area (Å²) in [4.78, 5) is 10.8. The zero-order chi connectivity index (χ0) is 9.68. The molecule has 2 amide bonds. The number of rotatable bonds is 3. The summed E-state index contributed by atoms with van der Waals surface area (Å²) in [6.45, 7) is 0.664. The molecule has 0 saturated heterocycles. The quantitative estimate of drug-likeness (QED) is 0.700. The van der Waals surface area contributed by atoms with Crippen molar-refractivity contribution in [1.29, 1.82) is 0 Å². The van der Waals surface area contributed by atoms with Gasteiger partial charge in [0.1, 0.15) is 0 Å². The van der Waals surface area contributed by atoms with E-state index in [1.807, 2.05) is 29.9 Å². The number of nitrogens with one attached hydrogen (secondary N) is 2. The van der Waals surface area contributed by atoms with Crippen LogP contribution < -0.4 is 10.6 Å². The molecule has 0 aromatic carbocycles. The molecule has 0 atom stereocenters. The van der Waals surface area contributed by atoms with Crippen molar-refractivity contribution in [2.45, 2.75) is 6.42 Å². The summed E-state index contributed by atoms with van der Waals surface area (Å²) < 4.78 is 2.05. The molecule has 0 unspecified atom stereocenters. The Morgan fingerprint density at radius 2 is 2.38 bits per heavy atom. The highest BCUT2D eigenvalue weighted by atomic mass is 16.2. The summed E-state index contributed by atoms with van der Waals surface area (Å²) in [5.41, 5.74) is 1.22. The molecule has 72 valence electrons. The lowest BCUT2D eigenvalue weighted by Gasteiger charge is -2.04. The van der Waals surface area contributed by atoms with E-state index in [1.54, 1.807) is 7.05 Å². The van der Waals surface area contributed by atoms with Crippen LogP contribution in [0, 0.1) is 0 Å². The number of nitrogens with zero attached hydrogens (tertiary/aromatic N) is 1. The van der Waals surface area contributed by atoms with E-state index < -0.39 is 0 Å². The van der Waals surface area contributed by atoms with Gasteiger partial charge in [-0.25, -0.2) is 4.79 Å². The first-order valence-electron chi connectivity index (χ1n) is 4.30. The third-order valence-corrected chi connectivity index (χ3v) is 1.95. The standard InChI is InChI=1S/C9H15N3O/c1-10-9(13)11-6-5-8-4-3-7-12(8)2/h3-4,7H,5-6H2,1-2H3,(H2,10,11,13). The molecular formula is C9H15N3O. The fourth-order valence-electron chi connectivity index (χ4n) is 1.15. The number of hydrogen-bond acceptors (Lipinski definition) is 1. The fourth-order valence-corrected chi connectivity index (χ4v) is 1.15. The average molecular weight is 181 g/mol. The van der Waals surface area contributed by atoms with Crippen molar-refractivity contribution in [1.82, 2.24) is 15.2 Å². The van der Waals surface area contributed by atoms with Gasteiger partial charge < -0.3 is 15.2 Å². The Bertz CT molecular complexity index is 280. The fraction of sp³-hybridized carbons (Fsp3) is 0.444. The van der Waals surface area contributed by atoms with Crippen LogP contribution in [0.1, 0.15) is 5.69 Å². The molecule has 0 radical (unpaired) electrons. The molecule has 4 nitrogen and oxygen atoms in total. The highest BCUT2D eigenvalue weighted by molar-refractivity contribution is 5.73. The number of urea groups is 1. The Morgan fingerprint density at radius 1 is 1.62 bits per heavy atom. The first kappa shape index (κ1) is 9.64. The molecule has 0 aliphatic heterocycles. The Labute approximate surface area is 77.9 Å². The summed E-state index contributed by atoms with van der Waals surface area (Å²) in [5.74, 6) is 0. The molecule has 1 aromatic rings. The smallest absolute Gasteiger partial charge is 0.314 e. The number of carbonyl (C=O) groups is 1. The highest BCUT2D eigenvalue weighted by Gasteiger charge is 1.98. The van der Waals surface area contributed by atoms with Gasteiger partial charge in [0.25, 0.3) is 0 Å². The van der Waals surface area contributed by atoms with Crippen LogP contribution in [0.25, 0.3) is 0 Å². The van der Waals surface area contributed by atoms with E-state index in [4.69, 9.17) is 0 Å². The lowest BCUT2D eigenvalue weighted by Crippen LogP contribution is -2.34. The monoisotopic (exact) mass is 181 g/mol. The first-order chi connectivity index (χ1) is 6.24. The third-order valence-electron chi connectivity index (χ3n) is 1.95. The summed E-state index contributed by atoms with van der Waals surface area (Å²) in [6.07, 6.45) is 2.85. The van der Waals surface area contributed by atoms with Crippen LogP contribution in [0.2, 0.25) is 0 Å². The first-order valence-corrected chi connectivity index (χ1v) is 4.30. The second kappa shape index (κ2) is 4.54. The molecule has 0 fully saturated rings. The zero-order valence-corrected chi connectivity index (χ0v) is 8.00. The maximum absolute atomic E-state index is 10.8. The van der Waals surface area contributed by atoms with Crippen LogP contribution in [0.5, 0.6) is 0 Å². The van der Waals surface area contributed by atoms with Crippen LogP contribution in [-0.4, -0.2) is 24.2 Å². The van der Waals surface area contributed by atoms with E-state index in [0.717, 1.165) is 6.42 Å². The lowest BCUT2D eigenvalue weighted by molar-refractivity contribution is 0.243. The maximum atomic E-state index is 10.8. The summed E-state index contributed by atoms with van der Waals surface area (Å²) >= 11 is 0. The van der Waals surface area contributed by atoms with Gasteiger partial charge in [0, 0.05) is 39.0 Å². The number of aryl methyl sites for hydroxylation is 1. The molecule has 0 spiro atoms. The number of carbonyl (C=O) groups excluding carboxylic acids is 1. The number of aromatic nitrogens is 1. The van der Waals surface area contributed by atoms with Crippen molar-refractivity contribution >= 4 is 6.03 Å². The summed E-state index contributed by atoms with van der Waals surface area (Å²) in [5, 5.41) is 5.24. The molecule has 2 N–H and O–H groups in total. The van der Waals surface area contributed by atoms with Crippen LogP contribution in [0.4, 0.5) is 4.79 Å². The van der Waals surface area contributed by atoms with Gasteiger partial charge in [-0.15, -0.1) is 0 Å². The van der Waals surface area contributed by atoms with Crippen LogP contribution in [0.3, 0.4) is 0 Å². The zero-order valence-electron chi connectivity index (χ0n) is 8.00. The van der Waals surface area contributed by atoms with E-state index in [2.05, 4.69) is 10.6 Å². The molecule has 0 aliphatic carbocycles. The van der Waals surface area contributed by atoms with Gasteiger partial charge >= 0.3 is 6.03 Å². The molecule has 13 heavy (non-hydrogen) atoms. The van der Waals surface area contributed by atoms with Crippen LogP contribution in [-0.2, 0) is 13.5 Å². The lowest BCUT2D eigenvalue weighted by atomic mass is 10.3. The molecule has 1 rings (SSSR count). The van der Waals surface area contributed by atoms with Crippen molar-refractivity contribution in [3.63, 3.8) is 0 Å². The Kier molecular flexibility index (Phi) is 3.37. The predicted molar refractivity (Wildman–Crippen MR) is 51.6 cm³/mol. The van der Waals surface area contributed by atoms with Gasteiger partial charge in [0.15, 0.2) is 0 Å². The average Bonchev–Trinajstić information content (AvgIpc) is 2.52. The minimum absolute atomic E-state index is 0.130. The van der Waals surface area contributed by atoms with Gasteiger partial charge in [0.2, 0.25) is 0 Å². The van der Waals surface area contributed by atoms with Crippen molar-refractivity contribution in [2.24, 2.45) is 7.05 Å². The second-order valence-corrected chi connectivity index (χ2v) is 2.87. The molecular weight excluding hydrogens is 166 g/mol. The van der Waals surface area contributed by atoms with E-state index in [-0.39, 0.29) is 6.03 Å². The molecule has 1 heterocycles. The van der Waals surface area contributed by atoms with E-state index in [9.17, 15) is 4.79 Å². The van der Waals surface area contributed by atoms with Crippen molar-refractivity contribution in [3.8, 4) is 0 Å². The topological polar surface area (TPSA) is 46.1 Å². The van der Waals surface area contributed by atoms with Crippen molar-refractivity contribution in [2.75, 3.05) is 13.6 Å². The SMILES string of the molecule is CNC(=O)NCCc1cccn1C. The summed E-state index contributed by atoms with van der Waals surface area (Å²) in [6, 6.07) is 3.91. The number of hydrogen-bond donors (Lipinski definition) is 2. The van der Waals surface area contributed by atoms with E-state index in [0.29, 0.717) is 6.54 Å². The van der Waals surface area contributed by atoms with E-state index in [1.165, 1.54) is 5.69 Å². The van der Waals surface area contributed by atoms with E-state index >= 15 is 0 Å². The van der Waals surface area contributed by atoms with Crippen LogP contribution >= 0.6 is 0 Å². The van der Waals surface area contributed by atoms with Crippen LogP contribution in [0.15, 0.2) is 18.3 Å². The molecule has 1 aromatic heterocycles. The van der Waals surface area contributed by atoms with Gasteiger partial charge in [-0.3, -0.25) is 0 Å². The Hall–Kier alpha value is -1.45. The minimum Gasteiger partial charge on any atom is -0.354 e. The van der Waals surface area contributed by atoms with Crippen molar-refractivity contribution in [3.05, 3.63) is 24.0 Å². The molecule has 0 bridgehead atoms. The molecule has 0 saturated carbocycles. The summed E-state index contributed by atoms with van der Waals surface area (Å²) in [7, 11) is 3.60.